The van der Waals surface area contributed by atoms with E-state index >= 15 is 0 Å². The Labute approximate surface area is 111 Å². The molecule has 0 saturated carbocycles. The van der Waals surface area contributed by atoms with Crippen molar-refractivity contribution in [2.75, 3.05) is 13.1 Å². The maximum atomic E-state index is 9.43. The van der Waals surface area contributed by atoms with Gasteiger partial charge in [0.15, 0.2) is 0 Å². The van der Waals surface area contributed by atoms with Crippen molar-refractivity contribution in [3.8, 4) is 17.1 Å². The third kappa shape index (κ3) is 2.93. The van der Waals surface area contributed by atoms with Gasteiger partial charge in [-0.2, -0.15) is 4.98 Å². The maximum absolute atomic E-state index is 9.43. The molecule has 1 fully saturated rings. The van der Waals surface area contributed by atoms with Crippen molar-refractivity contribution in [1.29, 1.82) is 0 Å². The van der Waals surface area contributed by atoms with Gasteiger partial charge >= 0.3 is 0 Å². The van der Waals surface area contributed by atoms with Crippen LogP contribution in [0.1, 0.15) is 18.7 Å². The predicted octanol–water partition coefficient (Wildman–Crippen LogP) is 1.98. The fraction of sp³-hybridized carbons (Fsp3) is 0.429. The van der Waals surface area contributed by atoms with Crippen LogP contribution < -0.4 is 5.32 Å². The molecular formula is C14H17N3O2. The molecule has 2 heterocycles. The van der Waals surface area contributed by atoms with E-state index in [1.54, 1.807) is 18.2 Å². The SMILES string of the molecule is Oc1cccc(-c2noc(CCC3CCNC3)n2)c1. The van der Waals surface area contributed by atoms with Crippen LogP contribution in [0.2, 0.25) is 0 Å². The minimum absolute atomic E-state index is 0.209. The van der Waals surface area contributed by atoms with Gasteiger partial charge in [-0.3, -0.25) is 0 Å². The van der Waals surface area contributed by atoms with Gasteiger partial charge in [-0.1, -0.05) is 17.3 Å². The minimum Gasteiger partial charge on any atom is -0.508 e. The summed E-state index contributed by atoms with van der Waals surface area (Å²) >= 11 is 0. The van der Waals surface area contributed by atoms with Gasteiger partial charge in [0, 0.05) is 12.0 Å². The Balaban J connectivity index is 1.65. The van der Waals surface area contributed by atoms with Crippen LogP contribution in [-0.4, -0.2) is 28.3 Å². The number of aryl methyl sites for hydroxylation is 1. The number of hydrogen-bond acceptors (Lipinski definition) is 5. The fourth-order valence-electron chi connectivity index (χ4n) is 2.41. The Hall–Kier alpha value is -1.88. The van der Waals surface area contributed by atoms with E-state index in [2.05, 4.69) is 15.5 Å². The lowest BCUT2D eigenvalue weighted by Gasteiger charge is -2.03. The van der Waals surface area contributed by atoms with Crippen LogP contribution in [0.3, 0.4) is 0 Å². The predicted molar refractivity (Wildman–Crippen MR) is 70.7 cm³/mol. The highest BCUT2D eigenvalue weighted by molar-refractivity contribution is 5.56. The van der Waals surface area contributed by atoms with Crippen LogP contribution in [0.4, 0.5) is 0 Å². The van der Waals surface area contributed by atoms with E-state index in [1.165, 1.54) is 6.42 Å². The van der Waals surface area contributed by atoms with Crippen LogP contribution in [0, 0.1) is 5.92 Å². The summed E-state index contributed by atoms with van der Waals surface area (Å²) in [6.07, 6.45) is 3.13. The zero-order valence-corrected chi connectivity index (χ0v) is 10.7. The van der Waals surface area contributed by atoms with Crippen LogP contribution in [-0.2, 0) is 6.42 Å². The molecule has 3 rings (SSSR count). The van der Waals surface area contributed by atoms with Crippen LogP contribution >= 0.6 is 0 Å². The highest BCUT2D eigenvalue weighted by Crippen LogP contribution is 2.21. The molecule has 1 aliphatic rings. The van der Waals surface area contributed by atoms with Gasteiger partial charge in [0.25, 0.3) is 0 Å². The molecule has 1 aromatic carbocycles. The van der Waals surface area contributed by atoms with Crippen molar-refractivity contribution in [2.45, 2.75) is 19.3 Å². The minimum atomic E-state index is 0.209. The molecule has 1 aromatic heterocycles. The van der Waals surface area contributed by atoms with Gasteiger partial charge < -0.3 is 14.9 Å². The van der Waals surface area contributed by atoms with Crippen molar-refractivity contribution in [3.63, 3.8) is 0 Å². The Morgan fingerprint density at radius 1 is 1.42 bits per heavy atom. The number of phenolic OH excluding ortho intramolecular Hbond substituents is 1. The summed E-state index contributed by atoms with van der Waals surface area (Å²) in [6, 6.07) is 6.88. The van der Waals surface area contributed by atoms with E-state index in [4.69, 9.17) is 4.52 Å². The second-order valence-corrected chi connectivity index (χ2v) is 4.96. The normalized spacial score (nSPS) is 18.8. The summed E-state index contributed by atoms with van der Waals surface area (Å²) in [5.74, 6) is 2.14. The first-order valence-electron chi connectivity index (χ1n) is 6.64. The second kappa shape index (κ2) is 5.40. The van der Waals surface area contributed by atoms with Crippen LogP contribution in [0.5, 0.6) is 5.75 Å². The second-order valence-electron chi connectivity index (χ2n) is 4.96. The topological polar surface area (TPSA) is 71.2 Å². The Morgan fingerprint density at radius 2 is 2.37 bits per heavy atom. The van der Waals surface area contributed by atoms with Gasteiger partial charge in [-0.15, -0.1) is 0 Å². The van der Waals surface area contributed by atoms with Gasteiger partial charge in [-0.05, 0) is 44.0 Å². The largest absolute Gasteiger partial charge is 0.508 e. The lowest BCUT2D eigenvalue weighted by Crippen LogP contribution is -2.09. The standard InChI is InChI=1S/C14H17N3O2/c18-12-3-1-2-11(8-12)14-16-13(19-17-14)5-4-10-6-7-15-9-10/h1-3,8,10,15,18H,4-7,9H2. The number of rotatable bonds is 4. The van der Waals surface area contributed by atoms with Crippen molar-refractivity contribution in [3.05, 3.63) is 30.2 Å². The molecule has 1 unspecified atom stereocenters. The number of aromatic nitrogens is 2. The van der Waals surface area contributed by atoms with E-state index in [0.717, 1.165) is 37.4 Å². The fourth-order valence-corrected chi connectivity index (χ4v) is 2.41. The first-order valence-corrected chi connectivity index (χ1v) is 6.64. The third-order valence-corrected chi connectivity index (χ3v) is 3.50. The van der Waals surface area contributed by atoms with Gasteiger partial charge in [0.2, 0.25) is 11.7 Å². The third-order valence-electron chi connectivity index (χ3n) is 3.50. The summed E-state index contributed by atoms with van der Waals surface area (Å²) in [4.78, 5) is 4.37. The average molecular weight is 259 g/mol. The highest BCUT2D eigenvalue weighted by Gasteiger charge is 2.16. The monoisotopic (exact) mass is 259 g/mol. The molecule has 0 bridgehead atoms. The molecule has 0 aliphatic carbocycles. The Bertz CT molecular complexity index is 547. The van der Waals surface area contributed by atoms with Crippen molar-refractivity contribution in [2.24, 2.45) is 5.92 Å². The van der Waals surface area contributed by atoms with Gasteiger partial charge in [-0.25, -0.2) is 0 Å². The molecule has 19 heavy (non-hydrogen) atoms. The average Bonchev–Trinajstić information content (AvgIpc) is 3.08. The summed E-state index contributed by atoms with van der Waals surface area (Å²) in [5, 5.41) is 16.7. The lowest BCUT2D eigenvalue weighted by molar-refractivity contribution is 0.365. The zero-order valence-electron chi connectivity index (χ0n) is 10.7. The van der Waals surface area contributed by atoms with Crippen LogP contribution in [0.15, 0.2) is 28.8 Å². The molecule has 0 spiro atoms. The Kier molecular flexibility index (Phi) is 3.46. The van der Waals surface area contributed by atoms with Crippen molar-refractivity contribution < 1.29 is 9.63 Å². The smallest absolute Gasteiger partial charge is 0.226 e. The number of aromatic hydroxyl groups is 1. The molecular weight excluding hydrogens is 242 g/mol. The van der Waals surface area contributed by atoms with E-state index < -0.39 is 0 Å². The molecule has 2 N–H and O–H groups in total. The molecule has 100 valence electrons. The summed E-state index contributed by atoms with van der Waals surface area (Å²) < 4.78 is 5.26. The van der Waals surface area contributed by atoms with Gasteiger partial charge in [0.05, 0.1) is 0 Å². The first kappa shape index (κ1) is 12.2. The highest BCUT2D eigenvalue weighted by atomic mass is 16.5. The summed E-state index contributed by atoms with van der Waals surface area (Å²) in [7, 11) is 0. The first-order chi connectivity index (χ1) is 9.31. The molecule has 1 saturated heterocycles. The molecule has 0 amide bonds. The van der Waals surface area contributed by atoms with E-state index in [0.29, 0.717) is 11.7 Å². The number of nitrogens with zero attached hydrogens (tertiary/aromatic N) is 2. The Morgan fingerprint density at radius 3 is 3.16 bits per heavy atom. The maximum Gasteiger partial charge on any atom is 0.226 e. The number of benzene rings is 1. The quantitative estimate of drug-likeness (QED) is 0.878. The van der Waals surface area contributed by atoms with E-state index in [-0.39, 0.29) is 5.75 Å². The molecule has 2 aromatic rings. The summed E-state index contributed by atoms with van der Waals surface area (Å²) in [6.45, 7) is 2.20. The van der Waals surface area contributed by atoms with E-state index in [1.807, 2.05) is 6.07 Å². The lowest BCUT2D eigenvalue weighted by atomic mass is 10.0. The van der Waals surface area contributed by atoms with Crippen molar-refractivity contribution >= 4 is 0 Å². The number of nitrogens with one attached hydrogen (secondary N) is 1. The van der Waals surface area contributed by atoms with Crippen LogP contribution in [0.25, 0.3) is 11.4 Å². The van der Waals surface area contributed by atoms with Gasteiger partial charge in [0.1, 0.15) is 5.75 Å². The molecule has 5 nitrogen and oxygen atoms in total. The van der Waals surface area contributed by atoms with Crippen molar-refractivity contribution in [1.82, 2.24) is 15.5 Å². The zero-order chi connectivity index (χ0) is 13.1. The number of hydrogen-bond donors (Lipinski definition) is 2. The molecule has 1 aliphatic heterocycles. The number of phenols is 1. The molecule has 5 heteroatoms. The molecule has 0 radical (unpaired) electrons. The molecule has 1 atom stereocenters. The van der Waals surface area contributed by atoms with E-state index in [9.17, 15) is 5.11 Å². The summed E-state index contributed by atoms with van der Waals surface area (Å²) in [5.41, 5.74) is 0.775.